The lowest BCUT2D eigenvalue weighted by Gasteiger charge is -2.10. The fourth-order valence-electron chi connectivity index (χ4n) is 2.23. The van der Waals surface area contributed by atoms with Crippen molar-refractivity contribution in [3.8, 4) is 10.4 Å². The molecule has 4 aromatic rings. The highest BCUT2D eigenvalue weighted by Crippen LogP contribution is 2.28. The summed E-state index contributed by atoms with van der Waals surface area (Å²) in [5, 5.41) is 9.92. The molecule has 0 unspecified atom stereocenters. The summed E-state index contributed by atoms with van der Waals surface area (Å²) in [5.41, 5.74) is 7.92. The van der Waals surface area contributed by atoms with Gasteiger partial charge in [0.1, 0.15) is 10.0 Å². The number of fused-ring (bicyclic) bond motifs is 1. The Bertz CT molecular complexity index is 1150. The minimum absolute atomic E-state index is 0.559. The number of hydrogen-bond donors (Lipinski definition) is 2. The fourth-order valence-corrected chi connectivity index (χ4v) is 4.34. The van der Waals surface area contributed by atoms with Gasteiger partial charge < -0.3 is 5.73 Å². The van der Waals surface area contributed by atoms with Gasteiger partial charge in [-0.05, 0) is 51.7 Å². The first-order valence-corrected chi connectivity index (χ1v) is 11.0. The van der Waals surface area contributed by atoms with E-state index in [9.17, 15) is 8.42 Å². The number of nitrogens with two attached hydrogens (primary N) is 1. The van der Waals surface area contributed by atoms with E-state index in [0.29, 0.717) is 9.52 Å². The van der Waals surface area contributed by atoms with Gasteiger partial charge in [0.05, 0.1) is 11.7 Å². The smallest absolute Gasteiger partial charge is 0.308 e. The second-order valence-electron chi connectivity index (χ2n) is 5.66. The van der Waals surface area contributed by atoms with Crippen molar-refractivity contribution < 1.29 is 8.42 Å². The molecule has 0 spiro atoms. The predicted octanol–water partition coefficient (Wildman–Crippen LogP) is 3.02. The lowest BCUT2D eigenvalue weighted by atomic mass is 10.1. The van der Waals surface area contributed by atoms with Crippen molar-refractivity contribution >= 4 is 60.9 Å². The Labute approximate surface area is 174 Å². The molecule has 0 fully saturated rings. The number of nitrogens with one attached hydrogen (secondary N) is 1. The van der Waals surface area contributed by atoms with Crippen LogP contribution >= 0.6 is 33.9 Å². The van der Waals surface area contributed by atoms with Crippen molar-refractivity contribution in [2.24, 2.45) is 0 Å². The van der Waals surface area contributed by atoms with Gasteiger partial charge in [-0.15, -0.1) is 11.3 Å². The zero-order valence-electron chi connectivity index (χ0n) is 14.5. The maximum Gasteiger partial charge on any atom is 0.308 e. The summed E-state index contributed by atoms with van der Waals surface area (Å²) in [6.07, 6.45) is 2.73. The monoisotopic (exact) mass is 516 g/mol. The summed E-state index contributed by atoms with van der Waals surface area (Å²) in [6.45, 7) is 0. The SMILES string of the molecule is CN(C)S(=O)(=O)n1cnc(I)c1.Nc1n[nH]c2ccc(-c3cccs3)cc12. The number of benzene rings is 1. The topological polar surface area (TPSA) is 110 Å². The molecule has 0 amide bonds. The van der Waals surface area contributed by atoms with Crippen LogP contribution < -0.4 is 5.73 Å². The third-order valence-electron chi connectivity index (χ3n) is 3.65. The number of imidazole rings is 1. The number of rotatable bonds is 3. The summed E-state index contributed by atoms with van der Waals surface area (Å²) in [7, 11) is -0.425. The van der Waals surface area contributed by atoms with E-state index >= 15 is 0 Å². The van der Waals surface area contributed by atoms with E-state index in [1.165, 1.54) is 37.1 Å². The van der Waals surface area contributed by atoms with Crippen LogP contribution in [0.4, 0.5) is 5.82 Å². The van der Waals surface area contributed by atoms with Crippen molar-refractivity contribution in [2.45, 2.75) is 0 Å². The molecule has 0 saturated heterocycles. The van der Waals surface area contributed by atoms with Gasteiger partial charge in [-0.1, -0.05) is 12.1 Å². The zero-order chi connectivity index (χ0) is 19.6. The number of nitrogen functional groups attached to an aromatic ring is 1. The van der Waals surface area contributed by atoms with Crippen LogP contribution in [0.2, 0.25) is 0 Å². The largest absolute Gasteiger partial charge is 0.382 e. The Kier molecular flexibility index (Phi) is 5.83. The molecule has 0 radical (unpaired) electrons. The molecule has 3 N–H and O–H groups in total. The van der Waals surface area contributed by atoms with Crippen molar-refractivity contribution in [1.82, 2.24) is 23.5 Å². The summed E-state index contributed by atoms with van der Waals surface area (Å²) < 4.78 is 25.6. The van der Waals surface area contributed by atoms with Crippen LogP contribution in [0.5, 0.6) is 0 Å². The first-order chi connectivity index (χ1) is 12.8. The average molecular weight is 516 g/mol. The molecule has 11 heteroatoms. The molecule has 3 heterocycles. The maximum atomic E-state index is 11.4. The molecule has 4 rings (SSSR count). The number of anilines is 1. The second kappa shape index (κ2) is 7.96. The summed E-state index contributed by atoms with van der Waals surface area (Å²) in [6, 6.07) is 10.3. The highest BCUT2D eigenvalue weighted by atomic mass is 127. The molecule has 0 aliphatic rings. The number of H-pyrrole nitrogens is 1. The highest BCUT2D eigenvalue weighted by molar-refractivity contribution is 14.1. The zero-order valence-corrected chi connectivity index (χ0v) is 18.3. The number of aromatic nitrogens is 4. The molecule has 3 aromatic heterocycles. The van der Waals surface area contributed by atoms with E-state index in [1.54, 1.807) is 11.3 Å². The molecular formula is C16H17IN6O2S2. The Morgan fingerprint density at radius 3 is 2.67 bits per heavy atom. The number of halogens is 1. The van der Waals surface area contributed by atoms with Crippen molar-refractivity contribution in [1.29, 1.82) is 0 Å². The van der Waals surface area contributed by atoms with E-state index < -0.39 is 10.2 Å². The van der Waals surface area contributed by atoms with Crippen molar-refractivity contribution in [3.63, 3.8) is 0 Å². The van der Waals surface area contributed by atoms with Crippen LogP contribution in [-0.2, 0) is 10.2 Å². The Morgan fingerprint density at radius 2 is 2.07 bits per heavy atom. The molecule has 1 aromatic carbocycles. The second-order valence-corrected chi connectivity index (χ2v) is 9.76. The van der Waals surface area contributed by atoms with Crippen molar-refractivity contribution in [3.05, 3.63) is 51.9 Å². The molecule has 27 heavy (non-hydrogen) atoms. The Hall–Kier alpha value is -1.96. The average Bonchev–Trinajstić information content (AvgIpc) is 3.37. The predicted molar refractivity (Wildman–Crippen MR) is 117 cm³/mol. The minimum Gasteiger partial charge on any atom is -0.382 e. The first kappa shape index (κ1) is 19.8. The summed E-state index contributed by atoms with van der Waals surface area (Å²) in [4.78, 5) is 5.06. The van der Waals surface area contributed by atoms with Gasteiger partial charge in [0.25, 0.3) is 0 Å². The summed E-state index contributed by atoms with van der Waals surface area (Å²) in [5.74, 6) is 0.559. The van der Waals surface area contributed by atoms with Crippen LogP contribution in [0.1, 0.15) is 0 Å². The van der Waals surface area contributed by atoms with E-state index in [1.807, 2.05) is 34.7 Å². The van der Waals surface area contributed by atoms with Crippen LogP contribution in [0, 0.1) is 3.70 Å². The normalized spacial score (nSPS) is 11.6. The number of thiophene rings is 1. The van der Waals surface area contributed by atoms with E-state index in [4.69, 9.17) is 5.73 Å². The molecule has 0 aliphatic heterocycles. The van der Waals surface area contributed by atoms with E-state index in [-0.39, 0.29) is 0 Å². The molecule has 8 nitrogen and oxygen atoms in total. The number of aromatic amines is 1. The van der Waals surface area contributed by atoms with Gasteiger partial charge in [0.2, 0.25) is 0 Å². The molecule has 142 valence electrons. The number of nitrogens with zero attached hydrogens (tertiary/aromatic N) is 4. The van der Waals surface area contributed by atoms with Gasteiger partial charge in [0.15, 0.2) is 5.82 Å². The van der Waals surface area contributed by atoms with Crippen LogP contribution in [0.15, 0.2) is 48.2 Å². The molecule has 0 atom stereocenters. The van der Waals surface area contributed by atoms with Crippen LogP contribution in [0.3, 0.4) is 0 Å². The van der Waals surface area contributed by atoms with E-state index in [0.717, 1.165) is 19.2 Å². The molecule has 0 aliphatic carbocycles. The Balaban J connectivity index is 0.000000161. The highest BCUT2D eigenvalue weighted by Gasteiger charge is 2.15. The van der Waals surface area contributed by atoms with Crippen LogP contribution in [-0.4, -0.2) is 46.0 Å². The molecule has 0 bridgehead atoms. The Morgan fingerprint density at radius 1 is 1.30 bits per heavy atom. The van der Waals surface area contributed by atoms with Gasteiger partial charge in [-0.25, -0.2) is 8.96 Å². The molecule has 0 saturated carbocycles. The maximum absolute atomic E-state index is 11.4. The van der Waals surface area contributed by atoms with Crippen LogP contribution in [0.25, 0.3) is 21.3 Å². The van der Waals surface area contributed by atoms with Gasteiger partial charge in [-0.3, -0.25) is 5.10 Å². The van der Waals surface area contributed by atoms with Crippen molar-refractivity contribution in [2.75, 3.05) is 19.8 Å². The first-order valence-electron chi connectivity index (χ1n) is 7.69. The number of hydrogen-bond acceptors (Lipinski definition) is 6. The fraction of sp³-hybridized carbons (Fsp3) is 0.125. The third-order valence-corrected chi connectivity index (χ3v) is 6.79. The van der Waals surface area contributed by atoms with Gasteiger partial charge in [0, 0.05) is 24.4 Å². The minimum atomic E-state index is -3.37. The summed E-state index contributed by atoms with van der Waals surface area (Å²) >= 11 is 3.67. The third kappa shape index (κ3) is 4.31. The lowest BCUT2D eigenvalue weighted by molar-refractivity contribution is 0.510. The van der Waals surface area contributed by atoms with Gasteiger partial charge in [-0.2, -0.15) is 17.8 Å². The quantitative estimate of drug-likeness (QED) is 0.407. The van der Waals surface area contributed by atoms with Gasteiger partial charge >= 0.3 is 10.2 Å². The molecular weight excluding hydrogens is 499 g/mol. The lowest BCUT2D eigenvalue weighted by Crippen LogP contribution is -2.27. The standard InChI is InChI=1S/C11H9N3S.C5H8IN3O2S/c12-11-8-6-7(10-2-1-5-15-10)3-4-9(8)13-14-11;1-8(2)12(10,11)9-3-5(6)7-4-9/h1-6H,(H3,12,13,14);3-4H,1-2H3. The van der Waals surface area contributed by atoms with E-state index in [2.05, 4.69) is 38.8 Å².